The lowest BCUT2D eigenvalue weighted by Crippen LogP contribution is -2.41. The molecule has 1 rings (SSSR count). The van der Waals surface area contributed by atoms with Gasteiger partial charge in [-0.25, -0.2) is 0 Å². The van der Waals surface area contributed by atoms with E-state index in [1.54, 1.807) is 0 Å². The van der Waals surface area contributed by atoms with Crippen molar-refractivity contribution >= 4 is 5.97 Å². The van der Waals surface area contributed by atoms with Gasteiger partial charge >= 0.3 is 5.97 Å². The maximum atomic E-state index is 11.1. The molecule has 2 unspecified atom stereocenters. The van der Waals surface area contributed by atoms with Crippen LogP contribution in [0.4, 0.5) is 0 Å². The molecule has 12 heavy (non-hydrogen) atoms. The van der Waals surface area contributed by atoms with Crippen LogP contribution in [-0.2, 0) is 4.79 Å². The smallest absolute Gasteiger partial charge is 0.310 e. The average molecular weight is 170 g/mol. The van der Waals surface area contributed by atoms with Crippen LogP contribution in [-0.4, -0.2) is 11.1 Å². The van der Waals surface area contributed by atoms with E-state index in [4.69, 9.17) is 0 Å². The Morgan fingerprint density at radius 3 is 2.08 bits per heavy atom. The third kappa shape index (κ3) is 0.970. The second kappa shape index (κ2) is 2.48. The molecule has 2 atom stereocenters. The highest BCUT2D eigenvalue weighted by atomic mass is 16.4. The van der Waals surface area contributed by atoms with Crippen LogP contribution >= 0.6 is 0 Å². The standard InChI is InChI=1S/C10H18O2/c1-7-5-6-9(2,3)10(7,4)8(11)12/h7H,5-6H2,1-4H3,(H,11,12). The van der Waals surface area contributed by atoms with Gasteiger partial charge in [-0.3, -0.25) is 4.79 Å². The molecule has 0 aromatic rings. The van der Waals surface area contributed by atoms with Crippen molar-refractivity contribution in [1.82, 2.24) is 0 Å². The van der Waals surface area contributed by atoms with Gasteiger partial charge in [0.05, 0.1) is 5.41 Å². The highest BCUT2D eigenvalue weighted by molar-refractivity contribution is 5.76. The molecule has 1 fully saturated rings. The minimum atomic E-state index is -0.641. The molecule has 0 aromatic carbocycles. The van der Waals surface area contributed by atoms with E-state index < -0.39 is 11.4 Å². The quantitative estimate of drug-likeness (QED) is 0.656. The summed E-state index contributed by atoms with van der Waals surface area (Å²) in [5.41, 5.74) is -0.592. The van der Waals surface area contributed by atoms with E-state index in [-0.39, 0.29) is 5.41 Å². The summed E-state index contributed by atoms with van der Waals surface area (Å²) in [6.07, 6.45) is 2.06. The second-order valence-corrected chi connectivity index (χ2v) is 4.83. The van der Waals surface area contributed by atoms with Crippen LogP contribution in [0, 0.1) is 16.7 Å². The molecule has 70 valence electrons. The Bertz CT molecular complexity index is 208. The lowest BCUT2D eigenvalue weighted by atomic mass is 9.66. The molecule has 2 nitrogen and oxygen atoms in total. The minimum Gasteiger partial charge on any atom is -0.481 e. The SMILES string of the molecule is CC1CCC(C)(C)C1(C)C(=O)O. The van der Waals surface area contributed by atoms with Gasteiger partial charge in [0.25, 0.3) is 0 Å². The van der Waals surface area contributed by atoms with Crippen molar-refractivity contribution in [2.45, 2.75) is 40.5 Å². The molecule has 0 heterocycles. The van der Waals surface area contributed by atoms with Crippen molar-refractivity contribution in [3.8, 4) is 0 Å². The molecule has 0 aromatic heterocycles. The fourth-order valence-electron chi connectivity index (χ4n) is 2.29. The van der Waals surface area contributed by atoms with Gasteiger partial charge in [-0.1, -0.05) is 20.8 Å². The molecular weight excluding hydrogens is 152 g/mol. The fraction of sp³-hybridized carbons (Fsp3) is 0.900. The molecule has 1 aliphatic carbocycles. The summed E-state index contributed by atoms with van der Waals surface area (Å²) in [6.45, 7) is 8.05. The number of carbonyl (C=O) groups is 1. The van der Waals surface area contributed by atoms with E-state index in [0.717, 1.165) is 12.8 Å². The van der Waals surface area contributed by atoms with Crippen molar-refractivity contribution < 1.29 is 9.90 Å². The Hall–Kier alpha value is -0.530. The predicted octanol–water partition coefficient (Wildman–Crippen LogP) is 2.53. The monoisotopic (exact) mass is 170 g/mol. The minimum absolute atomic E-state index is 0.0573. The van der Waals surface area contributed by atoms with Crippen LogP contribution in [0.3, 0.4) is 0 Å². The van der Waals surface area contributed by atoms with Crippen molar-refractivity contribution in [3.05, 3.63) is 0 Å². The van der Waals surface area contributed by atoms with Crippen molar-refractivity contribution in [3.63, 3.8) is 0 Å². The molecule has 0 bridgehead atoms. The van der Waals surface area contributed by atoms with Crippen molar-refractivity contribution in [2.75, 3.05) is 0 Å². The average Bonchev–Trinajstić information content (AvgIpc) is 2.15. The maximum absolute atomic E-state index is 11.1. The molecule has 0 radical (unpaired) electrons. The number of hydrogen-bond donors (Lipinski definition) is 1. The molecular formula is C10H18O2. The first-order valence-electron chi connectivity index (χ1n) is 4.56. The van der Waals surface area contributed by atoms with E-state index in [1.165, 1.54) is 0 Å². The Morgan fingerprint density at radius 1 is 1.42 bits per heavy atom. The molecule has 0 saturated heterocycles. The van der Waals surface area contributed by atoms with Gasteiger partial charge < -0.3 is 5.11 Å². The van der Waals surface area contributed by atoms with E-state index in [0.29, 0.717) is 5.92 Å². The zero-order chi connectivity index (χ0) is 9.57. The van der Waals surface area contributed by atoms with E-state index in [9.17, 15) is 9.90 Å². The van der Waals surface area contributed by atoms with E-state index in [1.807, 2.05) is 13.8 Å². The summed E-state index contributed by atoms with van der Waals surface area (Å²) in [4.78, 5) is 11.1. The molecule has 1 aliphatic rings. The molecule has 2 heteroatoms. The van der Waals surface area contributed by atoms with Gasteiger partial charge in [0.1, 0.15) is 0 Å². The van der Waals surface area contributed by atoms with Crippen LogP contribution in [0.2, 0.25) is 0 Å². The molecule has 1 saturated carbocycles. The lowest BCUT2D eigenvalue weighted by molar-refractivity contribution is -0.156. The molecule has 0 spiro atoms. The largest absolute Gasteiger partial charge is 0.481 e. The van der Waals surface area contributed by atoms with Gasteiger partial charge in [-0.05, 0) is 31.1 Å². The summed E-state index contributed by atoms with van der Waals surface area (Å²) < 4.78 is 0. The lowest BCUT2D eigenvalue weighted by Gasteiger charge is -2.37. The number of rotatable bonds is 1. The normalized spacial score (nSPS) is 39.8. The predicted molar refractivity (Wildman–Crippen MR) is 47.9 cm³/mol. The Balaban J connectivity index is 3.06. The van der Waals surface area contributed by atoms with E-state index >= 15 is 0 Å². The van der Waals surface area contributed by atoms with Gasteiger partial charge in [-0.15, -0.1) is 0 Å². The van der Waals surface area contributed by atoms with Gasteiger partial charge in [0, 0.05) is 0 Å². The first-order valence-corrected chi connectivity index (χ1v) is 4.56. The maximum Gasteiger partial charge on any atom is 0.310 e. The van der Waals surface area contributed by atoms with Crippen LogP contribution in [0.15, 0.2) is 0 Å². The zero-order valence-corrected chi connectivity index (χ0v) is 8.35. The van der Waals surface area contributed by atoms with E-state index in [2.05, 4.69) is 13.8 Å². The van der Waals surface area contributed by atoms with Crippen LogP contribution in [0.25, 0.3) is 0 Å². The van der Waals surface area contributed by atoms with Crippen LogP contribution in [0.5, 0.6) is 0 Å². The van der Waals surface area contributed by atoms with Crippen molar-refractivity contribution in [2.24, 2.45) is 16.7 Å². The van der Waals surface area contributed by atoms with Gasteiger partial charge in [0.15, 0.2) is 0 Å². The number of aliphatic carboxylic acids is 1. The molecule has 1 N–H and O–H groups in total. The fourth-order valence-corrected chi connectivity index (χ4v) is 2.29. The Labute approximate surface area is 74.0 Å². The Kier molecular flexibility index (Phi) is 1.97. The number of hydrogen-bond acceptors (Lipinski definition) is 1. The number of carboxylic acids is 1. The molecule has 0 amide bonds. The Morgan fingerprint density at radius 2 is 1.92 bits per heavy atom. The summed E-state index contributed by atoms with van der Waals surface area (Å²) in [7, 11) is 0. The highest BCUT2D eigenvalue weighted by Gasteiger charge is 2.55. The van der Waals surface area contributed by atoms with Gasteiger partial charge in [0.2, 0.25) is 0 Å². The second-order valence-electron chi connectivity index (χ2n) is 4.83. The zero-order valence-electron chi connectivity index (χ0n) is 8.35. The highest BCUT2D eigenvalue weighted by Crippen LogP contribution is 2.55. The first kappa shape index (κ1) is 9.56. The van der Waals surface area contributed by atoms with Crippen LogP contribution in [0.1, 0.15) is 40.5 Å². The van der Waals surface area contributed by atoms with Gasteiger partial charge in [-0.2, -0.15) is 0 Å². The third-order valence-electron chi connectivity index (χ3n) is 4.04. The topological polar surface area (TPSA) is 37.3 Å². The molecule has 0 aliphatic heterocycles. The summed E-state index contributed by atoms with van der Waals surface area (Å²) >= 11 is 0. The van der Waals surface area contributed by atoms with Crippen molar-refractivity contribution in [1.29, 1.82) is 0 Å². The summed E-state index contributed by atoms with van der Waals surface area (Å²) in [6, 6.07) is 0. The van der Waals surface area contributed by atoms with Crippen LogP contribution < -0.4 is 0 Å². The number of carboxylic acid groups (broad SMARTS) is 1. The summed E-state index contributed by atoms with van der Waals surface area (Å²) in [5.74, 6) is -0.345. The third-order valence-corrected chi connectivity index (χ3v) is 4.04. The summed E-state index contributed by atoms with van der Waals surface area (Å²) in [5, 5.41) is 9.18. The first-order chi connectivity index (χ1) is 5.32.